The molecule has 20 heavy (non-hydrogen) atoms. The van der Waals surface area contributed by atoms with Crippen LogP contribution < -0.4 is 10.5 Å². The van der Waals surface area contributed by atoms with Crippen LogP contribution in [0.25, 0.3) is 0 Å². The van der Waals surface area contributed by atoms with E-state index in [0.717, 1.165) is 22.2 Å². The molecule has 0 aromatic heterocycles. The van der Waals surface area contributed by atoms with Gasteiger partial charge >= 0.3 is 0 Å². The van der Waals surface area contributed by atoms with Crippen LogP contribution in [0.4, 0.5) is 15.8 Å². The monoisotopic (exact) mass is 358 g/mol. The lowest BCUT2D eigenvalue weighted by Crippen LogP contribution is -2.14. The summed E-state index contributed by atoms with van der Waals surface area (Å²) >= 11 is 3.30. The largest absolute Gasteiger partial charge is 0.397 e. The third kappa shape index (κ3) is 3.10. The second kappa shape index (κ2) is 5.41. The van der Waals surface area contributed by atoms with E-state index in [2.05, 4.69) is 20.7 Å². The van der Waals surface area contributed by atoms with E-state index >= 15 is 0 Å². The van der Waals surface area contributed by atoms with E-state index in [0.29, 0.717) is 0 Å². The summed E-state index contributed by atoms with van der Waals surface area (Å²) in [6.45, 7) is 1.78. The van der Waals surface area contributed by atoms with Crippen molar-refractivity contribution < 1.29 is 12.8 Å². The first-order valence-corrected chi connectivity index (χ1v) is 7.91. The highest BCUT2D eigenvalue weighted by Gasteiger charge is 2.16. The van der Waals surface area contributed by atoms with Gasteiger partial charge in [0.25, 0.3) is 10.0 Å². The highest BCUT2D eigenvalue weighted by molar-refractivity contribution is 9.10. The molecular weight excluding hydrogens is 347 g/mol. The third-order valence-electron chi connectivity index (χ3n) is 2.70. The highest BCUT2D eigenvalue weighted by Crippen LogP contribution is 2.25. The van der Waals surface area contributed by atoms with Gasteiger partial charge in [0.2, 0.25) is 0 Å². The fourth-order valence-corrected chi connectivity index (χ4v) is 3.01. The van der Waals surface area contributed by atoms with Crippen LogP contribution in [-0.4, -0.2) is 8.42 Å². The Morgan fingerprint density at radius 2 is 1.90 bits per heavy atom. The Hall–Kier alpha value is -1.60. The number of rotatable bonds is 3. The van der Waals surface area contributed by atoms with Gasteiger partial charge in [0.15, 0.2) is 0 Å². The van der Waals surface area contributed by atoms with Crippen molar-refractivity contribution in [1.82, 2.24) is 0 Å². The second-order valence-corrected chi connectivity index (χ2v) is 6.78. The molecule has 2 rings (SSSR count). The van der Waals surface area contributed by atoms with Gasteiger partial charge in [-0.05, 0) is 42.8 Å². The lowest BCUT2D eigenvalue weighted by molar-refractivity contribution is 0.601. The maximum absolute atomic E-state index is 13.1. The van der Waals surface area contributed by atoms with Crippen molar-refractivity contribution >= 4 is 37.3 Å². The van der Waals surface area contributed by atoms with Crippen molar-refractivity contribution in [2.75, 3.05) is 10.5 Å². The lowest BCUT2D eigenvalue weighted by Gasteiger charge is -2.11. The smallest absolute Gasteiger partial charge is 0.261 e. The number of nitrogens with one attached hydrogen (secondary N) is 1. The molecule has 0 unspecified atom stereocenters. The topological polar surface area (TPSA) is 72.2 Å². The molecule has 2 aromatic carbocycles. The molecule has 2 aromatic rings. The van der Waals surface area contributed by atoms with Crippen LogP contribution >= 0.6 is 15.9 Å². The number of sulfonamides is 1. The average Bonchev–Trinajstić information content (AvgIpc) is 2.36. The Labute approximate surface area is 125 Å². The lowest BCUT2D eigenvalue weighted by atomic mass is 10.2. The maximum atomic E-state index is 13.1. The van der Waals surface area contributed by atoms with Gasteiger partial charge in [-0.15, -0.1) is 0 Å². The molecule has 0 aliphatic heterocycles. The molecule has 0 aliphatic carbocycles. The second-order valence-electron chi connectivity index (χ2n) is 4.25. The molecule has 0 saturated heterocycles. The minimum Gasteiger partial charge on any atom is -0.397 e. The first-order chi connectivity index (χ1) is 9.29. The van der Waals surface area contributed by atoms with Gasteiger partial charge in [0.1, 0.15) is 5.82 Å². The summed E-state index contributed by atoms with van der Waals surface area (Å²) in [4.78, 5) is 0.0851. The summed E-state index contributed by atoms with van der Waals surface area (Å²) in [5.41, 5.74) is 6.58. The molecule has 4 nitrogen and oxygen atoms in total. The minimum absolute atomic E-state index is 0.0190. The van der Waals surface area contributed by atoms with Gasteiger partial charge in [-0.1, -0.05) is 15.9 Å². The van der Waals surface area contributed by atoms with E-state index in [-0.39, 0.29) is 16.3 Å². The van der Waals surface area contributed by atoms with Gasteiger partial charge in [0, 0.05) is 10.5 Å². The summed E-state index contributed by atoms with van der Waals surface area (Å²) in [6.07, 6.45) is 0. The highest BCUT2D eigenvalue weighted by atomic mass is 79.9. The van der Waals surface area contributed by atoms with E-state index < -0.39 is 15.8 Å². The van der Waals surface area contributed by atoms with Crippen LogP contribution in [0.15, 0.2) is 45.8 Å². The molecular formula is C13H12BrFN2O2S. The molecule has 0 radical (unpaired) electrons. The van der Waals surface area contributed by atoms with Gasteiger partial charge in [-0.25, -0.2) is 12.8 Å². The molecule has 0 fully saturated rings. The molecule has 0 atom stereocenters. The SMILES string of the molecule is Cc1cc(S(=O)(=O)Nc2cc(F)ccc2N)ccc1Br. The van der Waals surface area contributed by atoms with Crippen LogP contribution in [0.3, 0.4) is 0 Å². The summed E-state index contributed by atoms with van der Waals surface area (Å²) in [7, 11) is -3.81. The molecule has 0 bridgehead atoms. The van der Waals surface area contributed by atoms with Gasteiger partial charge < -0.3 is 5.73 Å². The van der Waals surface area contributed by atoms with Crippen LogP contribution in [0, 0.1) is 12.7 Å². The van der Waals surface area contributed by atoms with E-state index in [1.807, 2.05) is 0 Å². The van der Waals surface area contributed by atoms with E-state index in [4.69, 9.17) is 5.73 Å². The minimum atomic E-state index is -3.81. The number of nitrogens with two attached hydrogens (primary N) is 1. The van der Waals surface area contributed by atoms with Crippen molar-refractivity contribution in [3.8, 4) is 0 Å². The summed E-state index contributed by atoms with van der Waals surface area (Å²) in [5.74, 6) is -0.566. The molecule has 106 valence electrons. The van der Waals surface area contributed by atoms with Crippen molar-refractivity contribution in [2.24, 2.45) is 0 Å². The van der Waals surface area contributed by atoms with E-state index in [1.165, 1.54) is 18.2 Å². The van der Waals surface area contributed by atoms with Gasteiger partial charge in [-0.3, -0.25) is 4.72 Å². The summed E-state index contributed by atoms with van der Waals surface area (Å²) in [6, 6.07) is 8.12. The number of benzene rings is 2. The fourth-order valence-electron chi connectivity index (χ4n) is 1.60. The Bertz CT molecular complexity index is 763. The quantitative estimate of drug-likeness (QED) is 0.827. The standard InChI is InChI=1S/C13H12BrFN2O2S/c1-8-6-10(3-4-11(8)14)20(18,19)17-13-7-9(15)2-5-12(13)16/h2-7,17H,16H2,1H3. The number of hydrogen-bond acceptors (Lipinski definition) is 3. The normalized spacial score (nSPS) is 11.3. The molecule has 0 saturated carbocycles. The third-order valence-corrected chi connectivity index (χ3v) is 4.95. The molecule has 3 N–H and O–H groups in total. The summed E-state index contributed by atoms with van der Waals surface area (Å²) < 4.78 is 40.7. The van der Waals surface area contributed by atoms with Crippen LogP contribution in [0.5, 0.6) is 0 Å². The Kier molecular flexibility index (Phi) is 4.01. The van der Waals surface area contributed by atoms with Crippen molar-refractivity contribution in [3.05, 3.63) is 52.3 Å². The van der Waals surface area contributed by atoms with E-state index in [9.17, 15) is 12.8 Å². The molecule has 0 spiro atoms. The Morgan fingerprint density at radius 3 is 2.55 bits per heavy atom. The Balaban J connectivity index is 2.40. The number of nitrogen functional groups attached to an aromatic ring is 1. The average molecular weight is 359 g/mol. The number of halogens is 2. The van der Waals surface area contributed by atoms with Crippen LogP contribution in [-0.2, 0) is 10.0 Å². The molecule has 0 aliphatic rings. The zero-order valence-corrected chi connectivity index (χ0v) is 12.9. The van der Waals surface area contributed by atoms with Crippen LogP contribution in [0.1, 0.15) is 5.56 Å². The predicted molar refractivity (Wildman–Crippen MR) is 80.5 cm³/mol. The van der Waals surface area contributed by atoms with Gasteiger partial charge in [-0.2, -0.15) is 0 Å². The van der Waals surface area contributed by atoms with E-state index in [1.54, 1.807) is 13.0 Å². The number of aryl methyl sites for hydroxylation is 1. The number of anilines is 2. The zero-order chi connectivity index (χ0) is 14.9. The fraction of sp³-hybridized carbons (Fsp3) is 0.0769. The first kappa shape index (κ1) is 14.8. The molecule has 0 heterocycles. The summed E-state index contributed by atoms with van der Waals surface area (Å²) in [5, 5.41) is 0. The maximum Gasteiger partial charge on any atom is 0.261 e. The van der Waals surface area contributed by atoms with Gasteiger partial charge in [0.05, 0.1) is 16.3 Å². The number of hydrogen-bond donors (Lipinski definition) is 2. The zero-order valence-electron chi connectivity index (χ0n) is 10.5. The molecule has 0 amide bonds. The first-order valence-electron chi connectivity index (χ1n) is 5.63. The van der Waals surface area contributed by atoms with Crippen molar-refractivity contribution in [2.45, 2.75) is 11.8 Å². The Morgan fingerprint density at radius 1 is 1.20 bits per heavy atom. The van der Waals surface area contributed by atoms with Crippen molar-refractivity contribution in [1.29, 1.82) is 0 Å². The molecule has 7 heteroatoms. The van der Waals surface area contributed by atoms with Crippen LogP contribution in [0.2, 0.25) is 0 Å². The predicted octanol–water partition coefficient (Wildman–Crippen LogP) is 3.28. The van der Waals surface area contributed by atoms with Crippen molar-refractivity contribution in [3.63, 3.8) is 0 Å².